The zero-order valence-electron chi connectivity index (χ0n) is 16.2. The van der Waals surface area contributed by atoms with E-state index in [0.717, 1.165) is 33.8 Å². The van der Waals surface area contributed by atoms with Gasteiger partial charge < -0.3 is 4.74 Å². The minimum atomic E-state index is 0.0665. The number of rotatable bonds is 5. The SMILES string of the molecule is CC(=O)c1ccc(-c2cnc3ccc(-c4ccc(OC(C)C)cc4)cn23)cc1. The number of aromatic nitrogens is 2. The lowest BCUT2D eigenvalue weighted by molar-refractivity contribution is 0.101. The van der Waals surface area contributed by atoms with Gasteiger partial charge in [0, 0.05) is 17.3 Å². The number of benzene rings is 2. The molecule has 4 aromatic rings. The summed E-state index contributed by atoms with van der Waals surface area (Å²) < 4.78 is 7.81. The third-order valence-corrected chi connectivity index (χ3v) is 4.65. The number of Topliss-reactive ketones (excluding diaryl/α,β-unsaturated/α-hetero) is 1. The summed E-state index contributed by atoms with van der Waals surface area (Å²) in [5, 5.41) is 0. The van der Waals surface area contributed by atoms with Gasteiger partial charge in [0.1, 0.15) is 11.4 Å². The van der Waals surface area contributed by atoms with Crippen LogP contribution in [-0.2, 0) is 0 Å². The van der Waals surface area contributed by atoms with Gasteiger partial charge in [0.15, 0.2) is 5.78 Å². The van der Waals surface area contributed by atoms with Crippen LogP contribution < -0.4 is 4.74 Å². The molecule has 4 rings (SSSR count). The predicted octanol–water partition coefficient (Wildman–Crippen LogP) is 5.66. The summed E-state index contributed by atoms with van der Waals surface area (Å²) in [4.78, 5) is 16.0. The summed E-state index contributed by atoms with van der Waals surface area (Å²) in [7, 11) is 0. The second kappa shape index (κ2) is 7.31. The summed E-state index contributed by atoms with van der Waals surface area (Å²) in [5.74, 6) is 0.936. The van der Waals surface area contributed by atoms with Crippen molar-refractivity contribution in [1.29, 1.82) is 0 Å². The van der Waals surface area contributed by atoms with E-state index in [2.05, 4.69) is 33.8 Å². The first kappa shape index (κ1) is 18.0. The second-order valence-corrected chi connectivity index (χ2v) is 7.11. The van der Waals surface area contributed by atoms with Gasteiger partial charge in [0.2, 0.25) is 0 Å². The van der Waals surface area contributed by atoms with Crippen molar-refractivity contribution in [3.8, 4) is 28.1 Å². The molecule has 0 unspecified atom stereocenters. The Morgan fingerprint density at radius 3 is 2.18 bits per heavy atom. The van der Waals surface area contributed by atoms with Gasteiger partial charge in [-0.25, -0.2) is 4.98 Å². The number of pyridine rings is 1. The number of ketones is 1. The Morgan fingerprint density at radius 1 is 0.893 bits per heavy atom. The number of hydrogen-bond donors (Lipinski definition) is 0. The van der Waals surface area contributed by atoms with Crippen molar-refractivity contribution in [2.75, 3.05) is 0 Å². The van der Waals surface area contributed by atoms with E-state index in [4.69, 9.17) is 4.74 Å². The number of ether oxygens (including phenoxy) is 1. The Hall–Kier alpha value is -3.40. The zero-order valence-corrected chi connectivity index (χ0v) is 16.2. The quantitative estimate of drug-likeness (QED) is 0.426. The van der Waals surface area contributed by atoms with Crippen LogP contribution in [0.2, 0.25) is 0 Å². The van der Waals surface area contributed by atoms with Gasteiger partial charge in [-0.05, 0) is 56.2 Å². The normalized spacial score (nSPS) is 11.1. The van der Waals surface area contributed by atoms with E-state index in [1.54, 1.807) is 6.92 Å². The summed E-state index contributed by atoms with van der Waals surface area (Å²) in [6.07, 6.45) is 4.11. The largest absolute Gasteiger partial charge is 0.491 e. The summed E-state index contributed by atoms with van der Waals surface area (Å²) in [6.45, 7) is 5.61. The first-order chi connectivity index (χ1) is 13.5. The molecule has 2 aromatic heterocycles. The molecule has 0 atom stereocenters. The van der Waals surface area contributed by atoms with Crippen molar-refractivity contribution in [2.24, 2.45) is 0 Å². The summed E-state index contributed by atoms with van der Waals surface area (Å²) in [6, 6.07) is 19.8. The average Bonchev–Trinajstić information content (AvgIpc) is 3.11. The van der Waals surface area contributed by atoms with Crippen LogP contribution in [0.5, 0.6) is 5.75 Å². The van der Waals surface area contributed by atoms with Crippen LogP contribution in [0.1, 0.15) is 31.1 Å². The highest BCUT2D eigenvalue weighted by molar-refractivity contribution is 5.94. The van der Waals surface area contributed by atoms with Gasteiger partial charge >= 0.3 is 0 Å². The maximum Gasteiger partial charge on any atom is 0.159 e. The van der Waals surface area contributed by atoms with Gasteiger partial charge in [-0.15, -0.1) is 0 Å². The molecule has 0 fully saturated rings. The molecule has 4 nitrogen and oxygen atoms in total. The number of imidazole rings is 1. The van der Waals surface area contributed by atoms with Crippen LogP contribution in [0.25, 0.3) is 28.0 Å². The number of fused-ring (bicyclic) bond motifs is 1. The Morgan fingerprint density at radius 2 is 1.54 bits per heavy atom. The monoisotopic (exact) mass is 370 g/mol. The van der Waals surface area contributed by atoms with E-state index >= 15 is 0 Å². The fraction of sp³-hybridized carbons (Fsp3) is 0.167. The van der Waals surface area contributed by atoms with Gasteiger partial charge in [0.05, 0.1) is 18.0 Å². The number of nitrogens with zero attached hydrogens (tertiary/aromatic N) is 2. The predicted molar refractivity (Wildman–Crippen MR) is 112 cm³/mol. The smallest absolute Gasteiger partial charge is 0.159 e. The van der Waals surface area contributed by atoms with Crippen molar-refractivity contribution in [1.82, 2.24) is 9.38 Å². The van der Waals surface area contributed by atoms with Crippen LogP contribution in [-0.4, -0.2) is 21.3 Å². The maximum atomic E-state index is 11.5. The molecule has 0 amide bonds. The van der Waals surface area contributed by atoms with Crippen molar-refractivity contribution >= 4 is 11.4 Å². The fourth-order valence-electron chi connectivity index (χ4n) is 3.24. The molecule has 0 N–H and O–H groups in total. The molecule has 0 spiro atoms. The van der Waals surface area contributed by atoms with E-state index < -0.39 is 0 Å². The summed E-state index contributed by atoms with van der Waals surface area (Å²) in [5.41, 5.74) is 5.82. The number of carbonyl (C=O) groups excluding carboxylic acids is 1. The molecule has 2 heterocycles. The second-order valence-electron chi connectivity index (χ2n) is 7.11. The zero-order chi connectivity index (χ0) is 19.7. The Kier molecular flexibility index (Phi) is 4.70. The van der Waals surface area contributed by atoms with Gasteiger partial charge in [-0.2, -0.15) is 0 Å². The fourth-order valence-corrected chi connectivity index (χ4v) is 3.24. The lowest BCUT2D eigenvalue weighted by atomic mass is 10.1. The number of hydrogen-bond acceptors (Lipinski definition) is 3. The van der Waals surface area contributed by atoms with Crippen molar-refractivity contribution in [2.45, 2.75) is 26.9 Å². The molecule has 0 saturated heterocycles. The lowest BCUT2D eigenvalue weighted by Gasteiger charge is -2.10. The van der Waals surface area contributed by atoms with Crippen LogP contribution >= 0.6 is 0 Å². The van der Waals surface area contributed by atoms with E-state index in [9.17, 15) is 4.79 Å². The molecule has 0 bridgehead atoms. The van der Waals surface area contributed by atoms with Crippen LogP contribution in [0.15, 0.2) is 73.1 Å². The molecule has 2 aromatic carbocycles. The van der Waals surface area contributed by atoms with Gasteiger partial charge in [0.25, 0.3) is 0 Å². The van der Waals surface area contributed by atoms with E-state index in [0.29, 0.717) is 5.56 Å². The van der Waals surface area contributed by atoms with E-state index in [-0.39, 0.29) is 11.9 Å². The minimum absolute atomic E-state index is 0.0665. The third kappa shape index (κ3) is 3.54. The first-order valence-corrected chi connectivity index (χ1v) is 9.37. The molecule has 0 radical (unpaired) electrons. The van der Waals surface area contributed by atoms with Crippen LogP contribution in [0, 0.1) is 0 Å². The third-order valence-electron chi connectivity index (χ3n) is 4.65. The molecule has 28 heavy (non-hydrogen) atoms. The van der Waals surface area contributed by atoms with Crippen molar-refractivity contribution in [3.63, 3.8) is 0 Å². The Bertz CT molecular complexity index is 1120. The molecular weight excluding hydrogens is 348 g/mol. The molecule has 0 saturated carbocycles. The first-order valence-electron chi connectivity index (χ1n) is 9.37. The van der Waals surface area contributed by atoms with E-state index in [1.807, 2.05) is 62.5 Å². The molecule has 0 aliphatic carbocycles. The molecule has 0 aliphatic heterocycles. The summed E-state index contributed by atoms with van der Waals surface area (Å²) >= 11 is 0. The number of carbonyl (C=O) groups is 1. The molecule has 4 heteroatoms. The lowest BCUT2D eigenvalue weighted by Crippen LogP contribution is -2.05. The van der Waals surface area contributed by atoms with E-state index in [1.165, 1.54) is 0 Å². The van der Waals surface area contributed by atoms with Crippen LogP contribution in [0.4, 0.5) is 0 Å². The Labute approximate surface area is 164 Å². The molecule has 140 valence electrons. The standard InChI is InChI=1S/C24H22N2O2/c1-16(2)28-22-11-8-19(9-12-22)21-10-13-24-25-14-23(26(24)15-21)20-6-4-18(5-7-20)17(3)27/h4-16H,1-3H3. The van der Waals surface area contributed by atoms with Gasteiger partial charge in [-0.3, -0.25) is 9.20 Å². The molecular formula is C24H22N2O2. The maximum absolute atomic E-state index is 11.5. The minimum Gasteiger partial charge on any atom is -0.491 e. The highest BCUT2D eigenvalue weighted by atomic mass is 16.5. The van der Waals surface area contributed by atoms with Gasteiger partial charge in [-0.1, -0.05) is 36.4 Å². The highest BCUT2D eigenvalue weighted by Crippen LogP contribution is 2.27. The van der Waals surface area contributed by atoms with Crippen molar-refractivity contribution in [3.05, 3.63) is 78.6 Å². The van der Waals surface area contributed by atoms with Crippen molar-refractivity contribution < 1.29 is 9.53 Å². The molecule has 0 aliphatic rings. The Balaban J connectivity index is 1.71. The van der Waals surface area contributed by atoms with Crippen LogP contribution in [0.3, 0.4) is 0 Å². The highest BCUT2D eigenvalue weighted by Gasteiger charge is 2.09. The average molecular weight is 370 g/mol. The topological polar surface area (TPSA) is 43.6 Å².